The number of aryl methyl sites for hydroxylation is 1. The van der Waals surface area contributed by atoms with Crippen LogP contribution in [0.4, 0.5) is 5.95 Å². The van der Waals surface area contributed by atoms with Crippen LogP contribution in [0.1, 0.15) is 30.3 Å². The zero-order valence-electron chi connectivity index (χ0n) is 12.7. The molecule has 3 rings (SSSR count). The molecule has 112 valence electrons. The van der Waals surface area contributed by atoms with E-state index in [0.717, 1.165) is 37.7 Å². The molecule has 0 radical (unpaired) electrons. The Morgan fingerprint density at radius 1 is 1.38 bits per heavy atom. The van der Waals surface area contributed by atoms with Crippen LogP contribution in [0.5, 0.6) is 0 Å². The summed E-state index contributed by atoms with van der Waals surface area (Å²) >= 11 is 0. The van der Waals surface area contributed by atoms with Gasteiger partial charge in [-0.15, -0.1) is 5.10 Å². The Morgan fingerprint density at radius 2 is 2.19 bits per heavy atom. The molecular weight excluding hydrogens is 262 g/mol. The van der Waals surface area contributed by atoms with Crippen molar-refractivity contribution in [3.63, 3.8) is 0 Å². The van der Waals surface area contributed by atoms with Gasteiger partial charge in [0.2, 0.25) is 5.95 Å². The minimum atomic E-state index is 0.206. The van der Waals surface area contributed by atoms with Crippen molar-refractivity contribution >= 4 is 5.95 Å². The maximum atomic E-state index is 6.15. The molecule has 5 heteroatoms. The highest BCUT2D eigenvalue weighted by Crippen LogP contribution is 2.20. The number of H-pyrrole nitrogens is 1. The monoisotopic (exact) mass is 285 g/mol. The molecule has 0 bridgehead atoms. The fourth-order valence-corrected chi connectivity index (χ4v) is 2.78. The number of aromatic nitrogens is 3. The molecule has 0 saturated carbocycles. The van der Waals surface area contributed by atoms with Gasteiger partial charge in [0.1, 0.15) is 5.82 Å². The van der Waals surface area contributed by atoms with E-state index >= 15 is 0 Å². The molecule has 1 fully saturated rings. The fraction of sp³-hybridized carbons (Fsp3) is 0.500. The minimum absolute atomic E-state index is 0.206. The van der Waals surface area contributed by atoms with Crippen molar-refractivity contribution < 1.29 is 0 Å². The van der Waals surface area contributed by atoms with E-state index in [4.69, 9.17) is 5.73 Å². The number of aromatic amines is 1. The fourth-order valence-electron chi connectivity index (χ4n) is 2.78. The predicted molar refractivity (Wildman–Crippen MR) is 84.3 cm³/mol. The molecule has 1 aliphatic heterocycles. The van der Waals surface area contributed by atoms with Gasteiger partial charge in [0, 0.05) is 25.6 Å². The largest absolute Gasteiger partial charge is 0.338 e. The van der Waals surface area contributed by atoms with Crippen LogP contribution in [0.2, 0.25) is 0 Å². The lowest BCUT2D eigenvalue weighted by Crippen LogP contribution is -2.48. The lowest BCUT2D eigenvalue weighted by molar-refractivity contribution is 0.376. The van der Waals surface area contributed by atoms with E-state index in [1.165, 1.54) is 11.1 Å². The van der Waals surface area contributed by atoms with Crippen molar-refractivity contribution in [1.29, 1.82) is 0 Å². The van der Waals surface area contributed by atoms with Crippen molar-refractivity contribution in [2.24, 2.45) is 11.7 Å². The second kappa shape index (κ2) is 5.85. The molecule has 1 aromatic heterocycles. The van der Waals surface area contributed by atoms with Crippen molar-refractivity contribution in [3.8, 4) is 0 Å². The highest BCUT2D eigenvalue weighted by atomic mass is 15.4. The number of nitrogens with one attached hydrogen (secondary N) is 1. The summed E-state index contributed by atoms with van der Waals surface area (Å²) in [4.78, 5) is 6.82. The molecule has 1 saturated heterocycles. The van der Waals surface area contributed by atoms with E-state index in [1.54, 1.807) is 0 Å². The lowest BCUT2D eigenvalue weighted by Gasteiger charge is -2.34. The van der Waals surface area contributed by atoms with E-state index < -0.39 is 0 Å². The standard InChI is InChI=1S/C16H23N5/c1-11-5-3-4-6-13(11)9-15-18-16(20-19-15)21-8-7-12(2)14(17)10-21/h3-6,12,14H,7-10,17H2,1-2H3,(H,18,19,20). The van der Waals surface area contributed by atoms with Gasteiger partial charge in [0.25, 0.3) is 0 Å². The van der Waals surface area contributed by atoms with Crippen molar-refractivity contribution in [2.45, 2.75) is 32.7 Å². The summed E-state index contributed by atoms with van der Waals surface area (Å²) in [6.45, 7) is 6.15. The molecule has 0 spiro atoms. The molecule has 5 nitrogen and oxygen atoms in total. The molecule has 0 aliphatic carbocycles. The second-order valence-electron chi connectivity index (χ2n) is 6.06. The maximum absolute atomic E-state index is 6.15. The van der Waals surface area contributed by atoms with E-state index in [-0.39, 0.29) is 6.04 Å². The minimum Gasteiger partial charge on any atom is -0.338 e. The van der Waals surface area contributed by atoms with E-state index in [1.807, 2.05) is 0 Å². The zero-order chi connectivity index (χ0) is 14.8. The number of hydrogen-bond donors (Lipinski definition) is 2. The number of benzene rings is 1. The number of nitrogens with two attached hydrogens (primary N) is 1. The van der Waals surface area contributed by atoms with Crippen molar-refractivity contribution in [3.05, 3.63) is 41.2 Å². The van der Waals surface area contributed by atoms with Crippen molar-refractivity contribution in [1.82, 2.24) is 15.2 Å². The second-order valence-corrected chi connectivity index (χ2v) is 6.06. The molecular formula is C16H23N5. The summed E-state index contributed by atoms with van der Waals surface area (Å²) < 4.78 is 0. The summed E-state index contributed by atoms with van der Waals surface area (Å²) in [5.74, 6) is 2.26. The van der Waals surface area contributed by atoms with E-state index in [2.05, 4.69) is 58.2 Å². The van der Waals surface area contributed by atoms with Crippen LogP contribution in [-0.2, 0) is 6.42 Å². The third-order valence-corrected chi connectivity index (χ3v) is 4.44. The number of rotatable bonds is 3. The maximum Gasteiger partial charge on any atom is 0.244 e. The lowest BCUT2D eigenvalue weighted by atomic mass is 9.95. The average Bonchev–Trinajstić information content (AvgIpc) is 2.93. The van der Waals surface area contributed by atoms with Crippen LogP contribution in [0.25, 0.3) is 0 Å². The Kier molecular flexibility index (Phi) is 3.92. The first-order valence-electron chi connectivity index (χ1n) is 7.60. The van der Waals surface area contributed by atoms with Crippen LogP contribution in [-0.4, -0.2) is 34.3 Å². The molecule has 2 aromatic rings. The number of hydrogen-bond acceptors (Lipinski definition) is 4. The summed E-state index contributed by atoms with van der Waals surface area (Å²) in [6, 6.07) is 8.58. The Morgan fingerprint density at radius 3 is 2.95 bits per heavy atom. The highest BCUT2D eigenvalue weighted by molar-refractivity contribution is 5.33. The average molecular weight is 285 g/mol. The first kappa shape index (κ1) is 14.1. The summed E-state index contributed by atoms with van der Waals surface area (Å²) in [5, 5.41) is 7.42. The highest BCUT2D eigenvalue weighted by Gasteiger charge is 2.25. The van der Waals surface area contributed by atoms with Gasteiger partial charge in [0.15, 0.2) is 0 Å². The van der Waals surface area contributed by atoms with Crippen molar-refractivity contribution in [2.75, 3.05) is 18.0 Å². The van der Waals surface area contributed by atoms with Gasteiger partial charge in [-0.05, 0) is 30.4 Å². The van der Waals surface area contributed by atoms with Gasteiger partial charge >= 0.3 is 0 Å². The molecule has 1 aliphatic rings. The summed E-state index contributed by atoms with van der Waals surface area (Å²) in [7, 11) is 0. The molecule has 1 aromatic carbocycles. The first-order chi connectivity index (χ1) is 10.1. The molecule has 2 unspecified atom stereocenters. The van der Waals surface area contributed by atoms with Gasteiger partial charge in [-0.2, -0.15) is 4.98 Å². The number of piperidine rings is 1. The summed E-state index contributed by atoms with van der Waals surface area (Å²) in [5.41, 5.74) is 8.71. The quantitative estimate of drug-likeness (QED) is 0.903. The van der Waals surface area contributed by atoms with Crippen LogP contribution >= 0.6 is 0 Å². The molecule has 2 heterocycles. The Hall–Kier alpha value is -1.88. The van der Waals surface area contributed by atoms with Crippen LogP contribution in [0.15, 0.2) is 24.3 Å². The van der Waals surface area contributed by atoms with Gasteiger partial charge in [-0.1, -0.05) is 31.2 Å². The van der Waals surface area contributed by atoms with Crippen LogP contribution < -0.4 is 10.6 Å². The predicted octanol–water partition coefficient (Wildman–Crippen LogP) is 1.88. The normalized spacial score (nSPS) is 22.5. The summed E-state index contributed by atoms with van der Waals surface area (Å²) in [6.07, 6.45) is 1.89. The third-order valence-electron chi connectivity index (χ3n) is 4.44. The van der Waals surface area contributed by atoms with E-state index in [9.17, 15) is 0 Å². The van der Waals surface area contributed by atoms with Gasteiger partial charge in [-0.25, -0.2) is 0 Å². The topological polar surface area (TPSA) is 70.8 Å². The SMILES string of the molecule is Cc1ccccc1Cc1nc(N2CCC(C)C(N)C2)n[nH]1. The number of anilines is 1. The molecule has 21 heavy (non-hydrogen) atoms. The van der Waals surface area contributed by atoms with Gasteiger partial charge in [-0.3, -0.25) is 5.10 Å². The van der Waals surface area contributed by atoms with Gasteiger partial charge < -0.3 is 10.6 Å². The van der Waals surface area contributed by atoms with Gasteiger partial charge in [0.05, 0.1) is 0 Å². The first-order valence-corrected chi connectivity index (χ1v) is 7.60. The molecule has 2 atom stereocenters. The Labute approximate surface area is 125 Å². The third kappa shape index (κ3) is 3.08. The smallest absolute Gasteiger partial charge is 0.244 e. The number of nitrogens with zero attached hydrogens (tertiary/aromatic N) is 3. The van der Waals surface area contributed by atoms with E-state index in [0.29, 0.717) is 5.92 Å². The molecule has 3 N–H and O–H groups in total. The Bertz CT molecular complexity index is 606. The Balaban J connectivity index is 1.71. The zero-order valence-corrected chi connectivity index (χ0v) is 12.7. The molecule has 0 amide bonds. The van der Waals surface area contributed by atoms with Crippen LogP contribution in [0.3, 0.4) is 0 Å². The van der Waals surface area contributed by atoms with Crippen LogP contribution in [0, 0.1) is 12.8 Å².